The maximum atomic E-state index is 2.64. The first kappa shape index (κ1) is 10.3. The van der Waals surface area contributed by atoms with Crippen molar-refractivity contribution in [3.8, 4) is 0 Å². The summed E-state index contributed by atoms with van der Waals surface area (Å²) in [6.45, 7) is 7.11. The molecule has 1 nitrogen and oxygen atoms in total. The minimum absolute atomic E-state index is 0.651. The lowest BCUT2D eigenvalue weighted by Crippen LogP contribution is -2.46. The minimum atomic E-state index is 0.651. The van der Waals surface area contributed by atoms with Gasteiger partial charge < -0.3 is 0 Å². The molecule has 16 heavy (non-hydrogen) atoms. The predicted molar refractivity (Wildman–Crippen MR) is 67.9 cm³/mol. The van der Waals surface area contributed by atoms with E-state index in [4.69, 9.17) is 0 Å². The van der Waals surface area contributed by atoms with Crippen LogP contribution in [0.2, 0.25) is 0 Å². The molecule has 1 aliphatic carbocycles. The van der Waals surface area contributed by atoms with Crippen molar-refractivity contribution >= 4 is 0 Å². The molecular formula is C15H21N. The van der Waals surface area contributed by atoms with E-state index in [0.29, 0.717) is 5.92 Å². The van der Waals surface area contributed by atoms with E-state index in [9.17, 15) is 0 Å². The highest BCUT2D eigenvalue weighted by Crippen LogP contribution is 2.37. The molecule has 1 heterocycles. The molecule has 1 aromatic rings. The summed E-state index contributed by atoms with van der Waals surface area (Å²) in [7, 11) is 0. The van der Waals surface area contributed by atoms with Gasteiger partial charge in [0.15, 0.2) is 0 Å². The third-order valence-corrected chi connectivity index (χ3v) is 4.05. The van der Waals surface area contributed by atoms with Gasteiger partial charge in [-0.3, -0.25) is 4.90 Å². The Morgan fingerprint density at radius 1 is 1.06 bits per heavy atom. The van der Waals surface area contributed by atoms with Crippen molar-refractivity contribution in [2.75, 3.05) is 13.1 Å². The maximum absolute atomic E-state index is 2.64. The molecule has 2 aliphatic rings. The number of nitrogens with zero attached hydrogens (tertiary/aromatic N) is 1. The molecule has 1 aromatic carbocycles. The van der Waals surface area contributed by atoms with Gasteiger partial charge in [-0.2, -0.15) is 0 Å². The van der Waals surface area contributed by atoms with Crippen LogP contribution in [0.5, 0.6) is 0 Å². The Hall–Kier alpha value is -0.820. The summed E-state index contributed by atoms with van der Waals surface area (Å²) in [5.41, 5.74) is 3.00. The lowest BCUT2D eigenvalue weighted by Gasteiger charge is -2.40. The number of likely N-dealkylation sites (tertiary alicyclic amines) is 1. The van der Waals surface area contributed by atoms with E-state index in [1.165, 1.54) is 31.5 Å². The van der Waals surface area contributed by atoms with Gasteiger partial charge in [-0.1, -0.05) is 38.1 Å². The zero-order valence-electron chi connectivity index (χ0n) is 10.3. The molecule has 0 bridgehead atoms. The summed E-state index contributed by atoms with van der Waals surface area (Å²) in [5, 5.41) is 0. The van der Waals surface area contributed by atoms with Gasteiger partial charge in [-0.25, -0.2) is 0 Å². The third-order valence-electron chi connectivity index (χ3n) is 4.05. The monoisotopic (exact) mass is 215 g/mol. The lowest BCUT2D eigenvalue weighted by molar-refractivity contribution is 0.139. The van der Waals surface area contributed by atoms with Gasteiger partial charge in [0.05, 0.1) is 0 Å². The molecule has 86 valence electrons. The second kappa shape index (κ2) is 3.89. The highest BCUT2D eigenvalue weighted by Gasteiger charge is 2.38. The average molecular weight is 215 g/mol. The second-order valence-electron chi connectivity index (χ2n) is 5.70. The summed E-state index contributed by atoms with van der Waals surface area (Å²) in [6, 6.07) is 10.2. The van der Waals surface area contributed by atoms with Gasteiger partial charge in [0.2, 0.25) is 0 Å². The molecule has 3 rings (SSSR count). The SMILES string of the molecule is CC(C)c1ccc(C2CN(C3CC3)C2)cc1. The first-order valence-corrected chi connectivity index (χ1v) is 6.58. The molecule has 0 radical (unpaired) electrons. The van der Waals surface area contributed by atoms with Gasteiger partial charge in [-0.15, -0.1) is 0 Å². The molecule has 0 amide bonds. The van der Waals surface area contributed by atoms with Crippen LogP contribution in [0.4, 0.5) is 0 Å². The molecule has 0 atom stereocenters. The van der Waals surface area contributed by atoms with Crippen LogP contribution in [0.1, 0.15) is 49.7 Å². The summed E-state index contributed by atoms with van der Waals surface area (Å²) in [6.07, 6.45) is 2.89. The minimum Gasteiger partial charge on any atom is -0.299 e. The molecule has 1 aliphatic heterocycles. The summed E-state index contributed by atoms with van der Waals surface area (Å²) >= 11 is 0. The number of benzene rings is 1. The second-order valence-corrected chi connectivity index (χ2v) is 5.70. The van der Waals surface area contributed by atoms with E-state index >= 15 is 0 Å². The molecule has 0 unspecified atom stereocenters. The van der Waals surface area contributed by atoms with E-state index in [0.717, 1.165) is 12.0 Å². The molecule has 0 N–H and O–H groups in total. The molecule has 0 aromatic heterocycles. The van der Waals surface area contributed by atoms with E-state index in [2.05, 4.69) is 43.0 Å². The van der Waals surface area contributed by atoms with Gasteiger partial charge in [-0.05, 0) is 29.9 Å². The van der Waals surface area contributed by atoms with Crippen LogP contribution < -0.4 is 0 Å². The van der Waals surface area contributed by atoms with Crippen LogP contribution >= 0.6 is 0 Å². The standard InChI is InChI=1S/C15H21N/c1-11(2)12-3-5-13(6-4-12)14-9-16(10-14)15-7-8-15/h3-6,11,14-15H,7-10H2,1-2H3. The summed E-state index contributed by atoms with van der Waals surface area (Å²) < 4.78 is 0. The van der Waals surface area contributed by atoms with E-state index in [1.807, 2.05) is 0 Å². The molecule has 2 fully saturated rings. The van der Waals surface area contributed by atoms with E-state index < -0.39 is 0 Å². The van der Waals surface area contributed by atoms with Gasteiger partial charge >= 0.3 is 0 Å². The molecular weight excluding hydrogens is 194 g/mol. The zero-order valence-corrected chi connectivity index (χ0v) is 10.3. The first-order valence-electron chi connectivity index (χ1n) is 6.58. The third kappa shape index (κ3) is 1.89. The Kier molecular flexibility index (Phi) is 2.51. The maximum Gasteiger partial charge on any atom is 0.00969 e. The van der Waals surface area contributed by atoms with Gasteiger partial charge in [0.25, 0.3) is 0 Å². The van der Waals surface area contributed by atoms with Gasteiger partial charge in [0.1, 0.15) is 0 Å². The van der Waals surface area contributed by atoms with Crippen molar-refractivity contribution in [2.24, 2.45) is 0 Å². The normalized spacial score (nSPS) is 22.4. The van der Waals surface area contributed by atoms with E-state index in [1.54, 1.807) is 5.56 Å². The fraction of sp³-hybridized carbons (Fsp3) is 0.600. The molecule has 1 saturated heterocycles. The van der Waals surface area contributed by atoms with Crippen molar-refractivity contribution < 1.29 is 0 Å². The smallest absolute Gasteiger partial charge is 0.00969 e. The lowest BCUT2D eigenvalue weighted by atomic mass is 9.89. The Morgan fingerprint density at radius 2 is 1.69 bits per heavy atom. The van der Waals surface area contributed by atoms with Crippen molar-refractivity contribution in [1.29, 1.82) is 0 Å². The van der Waals surface area contributed by atoms with E-state index in [-0.39, 0.29) is 0 Å². The summed E-state index contributed by atoms with van der Waals surface area (Å²) in [4.78, 5) is 2.64. The van der Waals surface area contributed by atoms with Crippen molar-refractivity contribution in [3.05, 3.63) is 35.4 Å². The zero-order chi connectivity index (χ0) is 11.1. The number of hydrogen-bond acceptors (Lipinski definition) is 1. The summed E-state index contributed by atoms with van der Waals surface area (Å²) in [5.74, 6) is 1.46. The van der Waals surface area contributed by atoms with Crippen LogP contribution in [0.3, 0.4) is 0 Å². The van der Waals surface area contributed by atoms with Crippen LogP contribution in [-0.4, -0.2) is 24.0 Å². The highest BCUT2D eigenvalue weighted by molar-refractivity contribution is 5.29. The van der Waals surface area contributed by atoms with Crippen LogP contribution in [0, 0.1) is 0 Å². The van der Waals surface area contributed by atoms with Gasteiger partial charge in [0, 0.05) is 25.0 Å². The average Bonchev–Trinajstić information content (AvgIpc) is 3.00. The number of rotatable bonds is 3. The largest absolute Gasteiger partial charge is 0.299 e. The molecule has 1 saturated carbocycles. The van der Waals surface area contributed by atoms with Crippen molar-refractivity contribution in [2.45, 2.75) is 44.6 Å². The van der Waals surface area contributed by atoms with Crippen molar-refractivity contribution in [3.63, 3.8) is 0 Å². The predicted octanol–water partition coefficient (Wildman–Crippen LogP) is 3.37. The van der Waals surface area contributed by atoms with Crippen LogP contribution in [0.15, 0.2) is 24.3 Å². The number of hydrogen-bond donors (Lipinski definition) is 0. The fourth-order valence-corrected chi connectivity index (χ4v) is 2.61. The molecule has 0 spiro atoms. The topological polar surface area (TPSA) is 3.24 Å². The molecule has 1 heteroatoms. The fourth-order valence-electron chi connectivity index (χ4n) is 2.61. The quantitative estimate of drug-likeness (QED) is 0.747. The Balaban J connectivity index is 1.62. The Labute approximate surface area is 98.5 Å². The van der Waals surface area contributed by atoms with Crippen LogP contribution in [0.25, 0.3) is 0 Å². The Morgan fingerprint density at radius 3 is 2.19 bits per heavy atom. The highest BCUT2D eigenvalue weighted by atomic mass is 15.2. The Bertz CT molecular complexity index is 356. The van der Waals surface area contributed by atoms with Crippen molar-refractivity contribution in [1.82, 2.24) is 4.90 Å². The first-order chi connectivity index (χ1) is 7.74. The van der Waals surface area contributed by atoms with Crippen LogP contribution in [-0.2, 0) is 0 Å².